The maximum atomic E-state index is 12.8. The molecule has 134 valence electrons. The summed E-state index contributed by atoms with van der Waals surface area (Å²) in [5.74, 6) is -1.56. The SMILES string of the molecule is COc1ccccc1C(=O)C[C@@]1(O)C(=O)N(CC(N)=O)c2ccccc21. The molecule has 2 aromatic carbocycles. The average molecular weight is 354 g/mol. The van der Waals surface area contributed by atoms with Gasteiger partial charge in [0.2, 0.25) is 5.91 Å². The molecule has 1 atom stereocenters. The number of nitrogens with two attached hydrogens (primary N) is 1. The number of benzene rings is 2. The normalized spacial score (nSPS) is 18.5. The van der Waals surface area contributed by atoms with Crippen LogP contribution in [0.4, 0.5) is 5.69 Å². The molecule has 0 saturated heterocycles. The van der Waals surface area contributed by atoms with Crippen LogP contribution < -0.4 is 15.4 Å². The number of hydrogen-bond donors (Lipinski definition) is 2. The van der Waals surface area contributed by atoms with Crippen molar-refractivity contribution in [1.29, 1.82) is 0 Å². The Morgan fingerprint density at radius 2 is 1.81 bits per heavy atom. The summed E-state index contributed by atoms with van der Waals surface area (Å²) in [6.45, 7) is -0.374. The number of para-hydroxylation sites is 2. The van der Waals surface area contributed by atoms with Gasteiger partial charge in [0.15, 0.2) is 11.4 Å². The zero-order chi connectivity index (χ0) is 18.9. The zero-order valence-corrected chi connectivity index (χ0v) is 14.1. The van der Waals surface area contributed by atoms with E-state index in [1.807, 2.05) is 0 Å². The van der Waals surface area contributed by atoms with E-state index in [9.17, 15) is 19.5 Å². The molecule has 2 aromatic rings. The predicted octanol–water partition coefficient (Wildman–Crippen LogP) is 0.988. The van der Waals surface area contributed by atoms with Gasteiger partial charge >= 0.3 is 0 Å². The number of hydrogen-bond acceptors (Lipinski definition) is 5. The molecule has 0 unspecified atom stereocenters. The standard InChI is InChI=1S/C19H18N2O5/c1-26-16-9-5-2-6-12(16)15(22)10-19(25)13-7-3-4-8-14(13)21(18(19)24)11-17(20)23/h2-9,25H,10-11H2,1H3,(H2,20,23)/t19-/m0/s1. The fourth-order valence-corrected chi connectivity index (χ4v) is 3.19. The quantitative estimate of drug-likeness (QED) is 0.752. The van der Waals surface area contributed by atoms with Crippen LogP contribution in [0, 0.1) is 0 Å². The molecular formula is C19H18N2O5. The number of anilines is 1. The Hall–Kier alpha value is -3.19. The summed E-state index contributed by atoms with van der Waals surface area (Å²) in [6.07, 6.45) is -0.474. The van der Waals surface area contributed by atoms with E-state index < -0.39 is 29.6 Å². The van der Waals surface area contributed by atoms with Crippen LogP contribution in [0.15, 0.2) is 48.5 Å². The Kier molecular flexibility index (Phi) is 4.48. The highest BCUT2D eigenvalue weighted by molar-refractivity contribution is 6.12. The third kappa shape index (κ3) is 2.82. The van der Waals surface area contributed by atoms with Crippen LogP contribution in [0.1, 0.15) is 22.3 Å². The van der Waals surface area contributed by atoms with Gasteiger partial charge in [-0.3, -0.25) is 19.3 Å². The molecule has 1 aliphatic heterocycles. The van der Waals surface area contributed by atoms with Gasteiger partial charge in [0.1, 0.15) is 12.3 Å². The summed E-state index contributed by atoms with van der Waals surface area (Å²) in [7, 11) is 1.44. The lowest BCUT2D eigenvalue weighted by Crippen LogP contribution is -2.44. The largest absolute Gasteiger partial charge is 0.496 e. The number of methoxy groups -OCH3 is 1. The molecule has 7 nitrogen and oxygen atoms in total. The zero-order valence-electron chi connectivity index (χ0n) is 14.1. The number of nitrogens with zero attached hydrogens (tertiary/aromatic N) is 1. The molecule has 7 heteroatoms. The highest BCUT2D eigenvalue weighted by atomic mass is 16.5. The number of aliphatic hydroxyl groups is 1. The molecule has 0 radical (unpaired) electrons. The minimum absolute atomic E-state index is 0.266. The van der Waals surface area contributed by atoms with Crippen molar-refractivity contribution in [2.45, 2.75) is 12.0 Å². The van der Waals surface area contributed by atoms with E-state index >= 15 is 0 Å². The summed E-state index contributed by atoms with van der Waals surface area (Å²) in [6, 6.07) is 13.1. The first-order valence-electron chi connectivity index (χ1n) is 7.97. The molecule has 3 rings (SSSR count). The van der Waals surface area contributed by atoms with Gasteiger partial charge in [-0.25, -0.2) is 0 Å². The number of carbonyl (C=O) groups excluding carboxylic acids is 3. The smallest absolute Gasteiger partial charge is 0.264 e. The third-order valence-corrected chi connectivity index (χ3v) is 4.38. The molecule has 26 heavy (non-hydrogen) atoms. The van der Waals surface area contributed by atoms with E-state index in [4.69, 9.17) is 10.5 Å². The van der Waals surface area contributed by atoms with Crippen molar-refractivity contribution in [2.24, 2.45) is 5.73 Å². The van der Waals surface area contributed by atoms with Gasteiger partial charge in [-0.2, -0.15) is 0 Å². The second-order valence-electron chi connectivity index (χ2n) is 6.04. The first kappa shape index (κ1) is 17.6. The van der Waals surface area contributed by atoms with Crippen molar-refractivity contribution in [3.05, 3.63) is 59.7 Å². The van der Waals surface area contributed by atoms with Gasteiger partial charge in [0.25, 0.3) is 5.91 Å². The fraction of sp³-hybridized carbons (Fsp3) is 0.211. The van der Waals surface area contributed by atoms with Crippen LogP contribution in [-0.2, 0) is 15.2 Å². The molecule has 0 bridgehead atoms. The summed E-state index contributed by atoms with van der Waals surface area (Å²) in [5.41, 5.74) is 4.05. The Bertz CT molecular complexity index is 895. The molecular weight excluding hydrogens is 336 g/mol. The molecule has 0 fully saturated rings. The number of fused-ring (bicyclic) bond motifs is 1. The number of amides is 2. The number of rotatable bonds is 6. The maximum absolute atomic E-state index is 12.8. The van der Waals surface area contributed by atoms with Crippen molar-refractivity contribution in [3.63, 3.8) is 0 Å². The number of primary amides is 1. The van der Waals surface area contributed by atoms with Gasteiger partial charge in [0.05, 0.1) is 24.8 Å². The number of ether oxygens (including phenoxy) is 1. The summed E-state index contributed by atoms with van der Waals surface area (Å²) >= 11 is 0. The Balaban J connectivity index is 2.00. The van der Waals surface area contributed by atoms with Crippen molar-refractivity contribution in [3.8, 4) is 5.75 Å². The maximum Gasteiger partial charge on any atom is 0.264 e. The van der Waals surface area contributed by atoms with E-state index in [0.717, 1.165) is 4.90 Å². The summed E-state index contributed by atoms with van der Waals surface area (Å²) < 4.78 is 5.17. The molecule has 0 saturated carbocycles. The van der Waals surface area contributed by atoms with Gasteiger partial charge in [-0.15, -0.1) is 0 Å². The summed E-state index contributed by atoms with van der Waals surface area (Å²) in [5, 5.41) is 11.1. The van der Waals surface area contributed by atoms with E-state index in [1.165, 1.54) is 7.11 Å². The molecule has 3 N–H and O–H groups in total. The molecule has 0 spiro atoms. The van der Waals surface area contributed by atoms with Crippen LogP contribution in [-0.4, -0.2) is 36.4 Å². The lowest BCUT2D eigenvalue weighted by molar-refractivity contribution is -0.136. The lowest BCUT2D eigenvalue weighted by Gasteiger charge is -2.22. The molecule has 1 heterocycles. The van der Waals surface area contributed by atoms with Crippen LogP contribution in [0.2, 0.25) is 0 Å². The minimum atomic E-state index is -2.07. The highest BCUT2D eigenvalue weighted by Gasteiger charge is 2.51. The molecule has 1 aliphatic rings. The topological polar surface area (TPSA) is 110 Å². The Morgan fingerprint density at radius 1 is 1.15 bits per heavy atom. The van der Waals surface area contributed by atoms with E-state index in [1.54, 1.807) is 48.5 Å². The van der Waals surface area contributed by atoms with Crippen molar-refractivity contribution in [2.75, 3.05) is 18.6 Å². The van der Waals surface area contributed by atoms with Crippen molar-refractivity contribution < 1.29 is 24.2 Å². The van der Waals surface area contributed by atoms with Crippen LogP contribution >= 0.6 is 0 Å². The molecule has 0 aromatic heterocycles. The second-order valence-corrected chi connectivity index (χ2v) is 6.04. The average Bonchev–Trinajstić information content (AvgIpc) is 2.83. The third-order valence-electron chi connectivity index (χ3n) is 4.38. The minimum Gasteiger partial charge on any atom is -0.496 e. The van der Waals surface area contributed by atoms with E-state index in [-0.39, 0.29) is 17.7 Å². The van der Waals surface area contributed by atoms with Crippen molar-refractivity contribution >= 4 is 23.3 Å². The molecule has 0 aliphatic carbocycles. The fourth-order valence-electron chi connectivity index (χ4n) is 3.19. The monoisotopic (exact) mass is 354 g/mol. The number of Topliss-reactive ketones (excluding diaryl/α,β-unsaturated/α-hetero) is 1. The van der Waals surface area contributed by atoms with E-state index in [0.29, 0.717) is 11.4 Å². The van der Waals surface area contributed by atoms with E-state index in [2.05, 4.69) is 0 Å². The Morgan fingerprint density at radius 3 is 2.50 bits per heavy atom. The first-order valence-corrected chi connectivity index (χ1v) is 7.97. The van der Waals surface area contributed by atoms with Gasteiger partial charge in [-0.05, 0) is 18.2 Å². The van der Waals surface area contributed by atoms with Crippen LogP contribution in [0.5, 0.6) is 5.75 Å². The summed E-state index contributed by atoms with van der Waals surface area (Å²) in [4.78, 5) is 38.0. The van der Waals surface area contributed by atoms with Crippen LogP contribution in [0.3, 0.4) is 0 Å². The predicted molar refractivity (Wildman–Crippen MR) is 93.8 cm³/mol. The second kappa shape index (κ2) is 6.61. The highest BCUT2D eigenvalue weighted by Crippen LogP contribution is 2.43. The molecule has 2 amide bonds. The van der Waals surface area contributed by atoms with Gasteiger partial charge in [-0.1, -0.05) is 30.3 Å². The first-order chi connectivity index (χ1) is 12.4. The van der Waals surface area contributed by atoms with Gasteiger partial charge in [0, 0.05) is 5.56 Å². The number of carbonyl (C=O) groups is 3. The lowest BCUT2D eigenvalue weighted by atomic mass is 9.88. The Labute approximate surface area is 150 Å². The van der Waals surface area contributed by atoms with Crippen LogP contribution in [0.25, 0.3) is 0 Å². The number of ketones is 1. The van der Waals surface area contributed by atoms with Crippen molar-refractivity contribution in [1.82, 2.24) is 0 Å². The van der Waals surface area contributed by atoms with Gasteiger partial charge < -0.3 is 15.6 Å².